The van der Waals surface area contributed by atoms with E-state index in [0.29, 0.717) is 12.8 Å². The predicted molar refractivity (Wildman–Crippen MR) is 41.3 cm³/mol. The molecular formula is C7H14N2O. The van der Waals surface area contributed by atoms with Gasteiger partial charge in [0.1, 0.15) is 0 Å². The third kappa shape index (κ3) is 3.35. The second-order valence-corrected chi connectivity index (χ2v) is 2.44. The van der Waals surface area contributed by atoms with Crippen LogP contribution >= 0.6 is 0 Å². The van der Waals surface area contributed by atoms with Crippen molar-refractivity contribution in [3.8, 4) is 0 Å². The zero-order chi connectivity index (χ0) is 8.15. The van der Waals surface area contributed by atoms with Crippen molar-refractivity contribution < 1.29 is 4.79 Å². The Balaban J connectivity index is 3.74. The van der Waals surface area contributed by atoms with Gasteiger partial charge >= 0.3 is 0 Å². The van der Waals surface area contributed by atoms with Crippen LogP contribution in [0.25, 0.3) is 0 Å². The number of carbonyl (C=O) groups is 1. The Labute approximate surface area is 61.1 Å². The molecule has 0 fully saturated rings. The lowest BCUT2D eigenvalue weighted by Gasteiger charge is -2.03. The third-order valence-electron chi connectivity index (χ3n) is 1.18. The van der Waals surface area contributed by atoms with Crippen LogP contribution in [0, 0.1) is 5.41 Å². The quantitative estimate of drug-likeness (QED) is 0.568. The number of rotatable bonds is 4. The second kappa shape index (κ2) is 4.17. The number of Topliss-reactive ketones (excluding diaryl/α,β-unsaturated/α-hetero) is 1. The van der Waals surface area contributed by atoms with E-state index in [0.717, 1.165) is 0 Å². The van der Waals surface area contributed by atoms with Gasteiger partial charge in [0, 0.05) is 18.9 Å². The van der Waals surface area contributed by atoms with Crippen LogP contribution in [-0.2, 0) is 4.79 Å². The van der Waals surface area contributed by atoms with E-state index in [-0.39, 0.29) is 17.5 Å². The first kappa shape index (κ1) is 9.30. The molecule has 0 aliphatic heterocycles. The molecule has 3 N–H and O–H groups in total. The number of nitrogens with one attached hydrogen (secondary N) is 1. The summed E-state index contributed by atoms with van der Waals surface area (Å²) in [6.07, 6.45) is 0.804. The Kier molecular flexibility index (Phi) is 3.88. The lowest BCUT2D eigenvalue weighted by atomic mass is 10.1. The van der Waals surface area contributed by atoms with Crippen LogP contribution in [0.3, 0.4) is 0 Å². The molecule has 0 saturated carbocycles. The molecule has 0 spiro atoms. The first-order valence-corrected chi connectivity index (χ1v) is 3.44. The largest absolute Gasteiger partial charge is 0.328 e. The average Bonchev–Trinajstić information content (AvgIpc) is 1.85. The summed E-state index contributed by atoms with van der Waals surface area (Å²) in [6.45, 7) is 3.54. The first-order chi connectivity index (χ1) is 4.57. The van der Waals surface area contributed by atoms with Crippen molar-refractivity contribution >= 4 is 11.5 Å². The second-order valence-electron chi connectivity index (χ2n) is 2.44. The van der Waals surface area contributed by atoms with Gasteiger partial charge in [-0.05, 0) is 6.92 Å². The molecule has 0 heterocycles. The van der Waals surface area contributed by atoms with Crippen molar-refractivity contribution in [3.63, 3.8) is 0 Å². The molecule has 0 aliphatic carbocycles. The maximum atomic E-state index is 10.8. The molecule has 0 bridgehead atoms. The van der Waals surface area contributed by atoms with Crippen molar-refractivity contribution in [2.24, 2.45) is 5.73 Å². The summed E-state index contributed by atoms with van der Waals surface area (Å²) in [7, 11) is 0. The minimum Gasteiger partial charge on any atom is -0.328 e. The molecule has 0 radical (unpaired) electrons. The van der Waals surface area contributed by atoms with Gasteiger partial charge in [-0.15, -0.1) is 0 Å². The molecule has 58 valence electrons. The van der Waals surface area contributed by atoms with Crippen LogP contribution in [0.15, 0.2) is 0 Å². The van der Waals surface area contributed by atoms with E-state index >= 15 is 0 Å². The van der Waals surface area contributed by atoms with Gasteiger partial charge in [-0.3, -0.25) is 4.79 Å². The molecule has 10 heavy (non-hydrogen) atoms. The van der Waals surface area contributed by atoms with E-state index in [2.05, 4.69) is 0 Å². The van der Waals surface area contributed by atoms with E-state index in [1.165, 1.54) is 0 Å². The Morgan fingerprint density at radius 2 is 2.20 bits per heavy atom. The molecule has 1 atom stereocenters. The van der Waals surface area contributed by atoms with E-state index in [9.17, 15) is 4.79 Å². The molecule has 0 aliphatic rings. The molecule has 0 aromatic carbocycles. The predicted octanol–water partition coefficient (Wildman–Crippen LogP) is 0.723. The van der Waals surface area contributed by atoms with Crippen molar-refractivity contribution in [1.82, 2.24) is 0 Å². The van der Waals surface area contributed by atoms with Gasteiger partial charge in [0.2, 0.25) is 0 Å². The summed E-state index contributed by atoms with van der Waals surface area (Å²) in [6, 6.07) is -0.0806. The molecule has 0 aromatic heterocycles. The summed E-state index contributed by atoms with van der Waals surface area (Å²) in [5.41, 5.74) is 5.54. The standard InChI is InChI=1S/C7H14N2O/c1-3-7(10)6(9)4-5(2)8/h5,9H,3-4,8H2,1-2H3. The summed E-state index contributed by atoms with van der Waals surface area (Å²) in [5, 5.41) is 7.20. The van der Waals surface area contributed by atoms with Gasteiger partial charge in [0.25, 0.3) is 0 Å². The van der Waals surface area contributed by atoms with Gasteiger partial charge in [-0.2, -0.15) is 0 Å². The summed E-state index contributed by atoms with van der Waals surface area (Å²) < 4.78 is 0. The van der Waals surface area contributed by atoms with Crippen molar-refractivity contribution in [2.45, 2.75) is 32.7 Å². The summed E-state index contributed by atoms with van der Waals surface area (Å²) in [4.78, 5) is 10.8. The molecule has 3 heteroatoms. The zero-order valence-corrected chi connectivity index (χ0v) is 6.48. The molecule has 3 nitrogen and oxygen atoms in total. The van der Waals surface area contributed by atoms with Crippen LogP contribution in [0.4, 0.5) is 0 Å². The van der Waals surface area contributed by atoms with Gasteiger partial charge in [0.05, 0.1) is 5.71 Å². The Morgan fingerprint density at radius 1 is 1.70 bits per heavy atom. The van der Waals surface area contributed by atoms with Crippen molar-refractivity contribution in [1.29, 1.82) is 5.41 Å². The number of carbonyl (C=O) groups excluding carboxylic acids is 1. The van der Waals surface area contributed by atoms with Gasteiger partial charge in [0.15, 0.2) is 5.78 Å². The molecule has 1 unspecified atom stereocenters. The number of ketones is 1. The van der Waals surface area contributed by atoms with Crippen LogP contribution < -0.4 is 5.73 Å². The average molecular weight is 142 g/mol. The minimum absolute atomic E-state index is 0.0806. The summed E-state index contributed by atoms with van der Waals surface area (Å²) >= 11 is 0. The highest BCUT2D eigenvalue weighted by molar-refractivity contribution is 6.38. The van der Waals surface area contributed by atoms with Crippen LogP contribution in [0.2, 0.25) is 0 Å². The number of hydrogen-bond donors (Lipinski definition) is 2. The van der Waals surface area contributed by atoms with E-state index in [1.807, 2.05) is 0 Å². The highest BCUT2D eigenvalue weighted by Gasteiger charge is 2.07. The Morgan fingerprint density at radius 3 is 2.50 bits per heavy atom. The van der Waals surface area contributed by atoms with Crippen molar-refractivity contribution in [2.75, 3.05) is 0 Å². The fourth-order valence-corrected chi connectivity index (χ4v) is 0.649. The van der Waals surface area contributed by atoms with Gasteiger partial charge < -0.3 is 11.1 Å². The highest BCUT2D eigenvalue weighted by atomic mass is 16.1. The molecule has 0 rings (SSSR count). The lowest BCUT2D eigenvalue weighted by Crippen LogP contribution is -2.23. The van der Waals surface area contributed by atoms with E-state index < -0.39 is 0 Å². The van der Waals surface area contributed by atoms with Crippen LogP contribution in [0.1, 0.15) is 26.7 Å². The molecular weight excluding hydrogens is 128 g/mol. The fraction of sp³-hybridized carbons (Fsp3) is 0.714. The Bertz CT molecular complexity index is 141. The highest BCUT2D eigenvalue weighted by Crippen LogP contribution is 1.93. The smallest absolute Gasteiger partial charge is 0.176 e. The number of hydrogen-bond acceptors (Lipinski definition) is 3. The van der Waals surface area contributed by atoms with Gasteiger partial charge in [-0.25, -0.2) is 0 Å². The SMILES string of the molecule is CCC(=O)C(=N)CC(C)N. The fourth-order valence-electron chi connectivity index (χ4n) is 0.649. The summed E-state index contributed by atoms with van der Waals surface area (Å²) in [5.74, 6) is -0.0997. The Hall–Kier alpha value is -0.700. The normalized spacial score (nSPS) is 12.7. The lowest BCUT2D eigenvalue weighted by molar-refractivity contribution is -0.112. The van der Waals surface area contributed by atoms with Crippen LogP contribution in [0.5, 0.6) is 0 Å². The number of nitrogens with two attached hydrogens (primary N) is 1. The van der Waals surface area contributed by atoms with E-state index in [4.69, 9.17) is 11.1 Å². The maximum Gasteiger partial charge on any atom is 0.176 e. The third-order valence-corrected chi connectivity index (χ3v) is 1.18. The topological polar surface area (TPSA) is 66.9 Å². The van der Waals surface area contributed by atoms with Gasteiger partial charge in [-0.1, -0.05) is 6.92 Å². The van der Waals surface area contributed by atoms with Crippen LogP contribution in [-0.4, -0.2) is 17.5 Å². The zero-order valence-electron chi connectivity index (χ0n) is 6.48. The molecule has 0 saturated heterocycles. The minimum atomic E-state index is -0.0997. The monoisotopic (exact) mass is 142 g/mol. The first-order valence-electron chi connectivity index (χ1n) is 3.44. The molecule has 0 amide bonds. The maximum absolute atomic E-state index is 10.8. The van der Waals surface area contributed by atoms with Crippen molar-refractivity contribution in [3.05, 3.63) is 0 Å². The van der Waals surface area contributed by atoms with E-state index in [1.54, 1.807) is 13.8 Å². The molecule has 0 aromatic rings.